The summed E-state index contributed by atoms with van der Waals surface area (Å²) < 4.78 is 5.65. The normalized spacial score (nSPS) is 12.0. The summed E-state index contributed by atoms with van der Waals surface area (Å²) in [5, 5.41) is 11.5. The molecule has 1 aromatic carbocycles. The fourth-order valence-corrected chi connectivity index (χ4v) is 3.98. The van der Waals surface area contributed by atoms with E-state index in [2.05, 4.69) is 83.0 Å². The van der Waals surface area contributed by atoms with Crippen LogP contribution in [0.4, 0.5) is 5.69 Å². The molecule has 0 fully saturated rings. The second-order valence-electron chi connectivity index (χ2n) is 11.6. The molecule has 0 aliphatic heterocycles. The van der Waals surface area contributed by atoms with Crippen molar-refractivity contribution in [1.82, 2.24) is 5.32 Å². The van der Waals surface area contributed by atoms with Crippen molar-refractivity contribution in [2.45, 2.75) is 101 Å². The third kappa shape index (κ3) is 18.8. The Morgan fingerprint density at radius 1 is 0.907 bits per heavy atom. The molecule has 0 saturated carbocycles. The van der Waals surface area contributed by atoms with Crippen molar-refractivity contribution >= 4 is 11.5 Å². The average molecular weight is 596 g/mol. The van der Waals surface area contributed by atoms with Crippen molar-refractivity contribution < 1.29 is 14.6 Å². The van der Waals surface area contributed by atoms with Crippen molar-refractivity contribution in [3.05, 3.63) is 81.8 Å². The third-order valence-electron chi connectivity index (χ3n) is 7.07. The first-order valence-electron chi connectivity index (χ1n) is 15.7. The molecule has 0 amide bonds. The number of aliphatic hydroxyl groups is 1. The molecule has 0 aliphatic rings. The summed E-state index contributed by atoms with van der Waals surface area (Å²) in [6.45, 7) is 21.1. The molecule has 0 spiro atoms. The molecule has 0 aliphatic carbocycles. The van der Waals surface area contributed by atoms with E-state index >= 15 is 0 Å². The Bertz CT molecular complexity index is 1080. The summed E-state index contributed by atoms with van der Waals surface area (Å²) in [5.74, 6) is 1.61. The summed E-state index contributed by atoms with van der Waals surface area (Å²) in [7, 11) is 1.69. The zero-order valence-electron chi connectivity index (χ0n) is 28.9. The van der Waals surface area contributed by atoms with E-state index in [9.17, 15) is 4.79 Å². The minimum absolute atomic E-state index is 0.0655. The first kappa shape index (κ1) is 39.8. The van der Waals surface area contributed by atoms with Crippen molar-refractivity contribution in [3.63, 3.8) is 0 Å². The number of hydrogen-bond acceptors (Lipinski definition) is 6. The molecule has 43 heavy (non-hydrogen) atoms. The van der Waals surface area contributed by atoms with Gasteiger partial charge in [-0.15, -0.1) is 0 Å². The molecule has 0 heterocycles. The summed E-state index contributed by atoms with van der Waals surface area (Å²) >= 11 is 0. The van der Waals surface area contributed by atoms with E-state index in [1.54, 1.807) is 14.0 Å². The molecule has 4 N–H and O–H groups in total. The molecular formula is C37H61N3O3. The molecule has 0 unspecified atom stereocenters. The van der Waals surface area contributed by atoms with Crippen LogP contribution in [0.3, 0.4) is 0 Å². The SMILES string of the molecule is CC/C(C)=C(/N)NCCCO.COc1ccc(C(C)=O)cc1N(C/C=C(\C)CCC=C(C)C)C/C=C(\C)CCC=C(C)C. The molecular weight excluding hydrogens is 534 g/mol. The van der Waals surface area contributed by atoms with Crippen LogP contribution >= 0.6 is 0 Å². The number of nitrogens with one attached hydrogen (secondary N) is 1. The van der Waals surface area contributed by atoms with Gasteiger partial charge >= 0.3 is 0 Å². The number of methoxy groups -OCH3 is 1. The van der Waals surface area contributed by atoms with Crippen LogP contribution in [0.1, 0.15) is 111 Å². The van der Waals surface area contributed by atoms with Gasteiger partial charge in [0.2, 0.25) is 0 Å². The quantitative estimate of drug-likeness (QED) is 0.0894. The predicted molar refractivity (Wildman–Crippen MR) is 187 cm³/mol. The monoisotopic (exact) mass is 595 g/mol. The largest absolute Gasteiger partial charge is 0.495 e. The van der Waals surface area contributed by atoms with Gasteiger partial charge in [0.15, 0.2) is 5.78 Å². The lowest BCUT2D eigenvalue weighted by molar-refractivity contribution is 0.101. The Balaban J connectivity index is 0.00000135. The Labute approximate surface area is 263 Å². The molecule has 242 valence electrons. The number of carbonyl (C=O) groups is 1. The maximum absolute atomic E-state index is 12.0. The number of allylic oxidation sites excluding steroid dienone is 7. The molecule has 1 rings (SSSR count). The van der Waals surface area contributed by atoms with Gasteiger partial charge in [0.05, 0.1) is 18.6 Å². The minimum Gasteiger partial charge on any atom is -0.495 e. The van der Waals surface area contributed by atoms with Crippen LogP contribution in [0.25, 0.3) is 0 Å². The molecule has 6 heteroatoms. The fraction of sp³-hybridized carbons (Fsp3) is 0.541. The predicted octanol–water partition coefficient (Wildman–Crippen LogP) is 8.65. The van der Waals surface area contributed by atoms with Crippen molar-refractivity contribution in [2.24, 2.45) is 5.73 Å². The van der Waals surface area contributed by atoms with Crippen LogP contribution < -0.4 is 20.7 Å². The Morgan fingerprint density at radius 3 is 1.86 bits per heavy atom. The maximum Gasteiger partial charge on any atom is 0.159 e. The number of ether oxygens (including phenoxy) is 1. The molecule has 0 aromatic heterocycles. The third-order valence-corrected chi connectivity index (χ3v) is 7.07. The average Bonchev–Trinajstić information content (AvgIpc) is 2.96. The lowest BCUT2D eigenvalue weighted by Crippen LogP contribution is -2.24. The number of Topliss-reactive ketones (excluding diaryl/α,β-unsaturated/α-hetero) is 1. The van der Waals surface area contributed by atoms with Crippen molar-refractivity contribution in [3.8, 4) is 5.75 Å². The molecule has 0 atom stereocenters. The highest BCUT2D eigenvalue weighted by Gasteiger charge is 2.13. The van der Waals surface area contributed by atoms with Gasteiger partial charge in [0.25, 0.3) is 0 Å². The van der Waals surface area contributed by atoms with Gasteiger partial charge in [-0.2, -0.15) is 0 Å². The van der Waals surface area contributed by atoms with E-state index in [4.69, 9.17) is 15.6 Å². The van der Waals surface area contributed by atoms with Crippen LogP contribution in [0, 0.1) is 0 Å². The minimum atomic E-state index is 0.0655. The summed E-state index contributed by atoms with van der Waals surface area (Å²) in [6, 6.07) is 5.69. The number of nitrogens with zero attached hydrogens (tertiary/aromatic N) is 1. The van der Waals surface area contributed by atoms with Crippen molar-refractivity contribution in [1.29, 1.82) is 0 Å². The lowest BCUT2D eigenvalue weighted by Gasteiger charge is -2.25. The van der Waals surface area contributed by atoms with Crippen LogP contribution in [-0.2, 0) is 0 Å². The first-order chi connectivity index (χ1) is 20.4. The molecule has 0 bridgehead atoms. The second kappa shape index (κ2) is 23.2. The van der Waals surface area contributed by atoms with Crippen LogP contribution in [0.5, 0.6) is 5.75 Å². The number of ketones is 1. The first-order valence-corrected chi connectivity index (χ1v) is 15.7. The molecule has 6 nitrogen and oxygen atoms in total. The zero-order valence-corrected chi connectivity index (χ0v) is 28.9. The molecule has 1 aromatic rings. The van der Waals surface area contributed by atoms with E-state index in [-0.39, 0.29) is 12.4 Å². The highest BCUT2D eigenvalue weighted by Crippen LogP contribution is 2.30. The number of nitrogens with two attached hydrogens (primary N) is 1. The Kier molecular flexibility index (Phi) is 21.5. The van der Waals surface area contributed by atoms with Gasteiger partial charge in [-0.25, -0.2) is 0 Å². The fourth-order valence-electron chi connectivity index (χ4n) is 3.98. The molecule has 0 radical (unpaired) electrons. The number of hydrogen-bond donors (Lipinski definition) is 3. The van der Waals surface area contributed by atoms with Crippen LogP contribution in [0.2, 0.25) is 0 Å². The Morgan fingerprint density at radius 2 is 1.44 bits per heavy atom. The lowest BCUT2D eigenvalue weighted by atomic mass is 10.1. The number of aliphatic hydroxyl groups excluding tert-OH is 1. The van der Waals surface area contributed by atoms with E-state index in [1.807, 2.05) is 25.1 Å². The Hall–Kier alpha value is -3.25. The van der Waals surface area contributed by atoms with E-state index in [1.165, 1.54) is 27.9 Å². The van der Waals surface area contributed by atoms with Gasteiger partial charge < -0.3 is 25.8 Å². The summed E-state index contributed by atoms with van der Waals surface area (Å²) in [6.07, 6.45) is 15.1. The van der Waals surface area contributed by atoms with Gasteiger partial charge in [0.1, 0.15) is 5.75 Å². The smallest absolute Gasteiger partial charge is 0.159 e. The van der Waals surface area contributed by atoms with E-state index in [0.29, 0.717) is 5.56 Å². The second-order valence-corrected chi connectivity index (χ2v) is 11.6. The van der Waals surface area contributed by atoms with Crippen molar-refractivity contribution in [2.75, 3.05) is 38.3 Å². The van der Waals surface area contributed by atoms with Crippen LogP contribution in [-0.4, -0.2) is 44.2 Å². The van der Waals surface area contributed by atoms with E-state index < -0.39 is 0 Å². The summed E-state index contributed by atoms with van der Waals surface area (Å²) in [4.78, 5) is 14.3. The summed E-state index contributed by atoms with van der Waals surface area (Å²) in [5.41, 5.74) is 14.0. The number of benzene rings is 1. The zero-order chi connectivity index (χ0) is 32.8. The molecule has 0 saturated heterocycles. The van der Waals surface area contributed by atoms with Gasteiger partial charge in [-0.3, -0.25) is 4.79 Å². The standard InChI is InChI=1S/C29H43NO2.C8H18N2O/c1-22(2)11-9-13-24(5)17-19-30(20-18-25(6)14-10-12-23(3)4)28-21-27(26(7)31)15-16-29(28)32-8;1-3-7(2)8(9)10-5-4-6-11/h11-12,15-18,21H,9-10,13-14,19-20H2,1-8H3;10-11H,3-6,9H2,1-2H3/b24-17+,25-18+;8-7-. The van der Waals surface area contributed by atoms with Gasteiger partial charge in [-0.1, -0.05) is 53.5 Å². The van der Waals surface area contributed by atoms with Gasteiger partial charge in [-0.05, 0) is 118 Å². The number of rotatable bonds is 18. The topological polar surface area (TPSA) is 87.8 Å². The van der Waals surface area contributed by atoms with Gasteiger partial charge in [0, 0.05) is 31.8 Å². The maximum atomic E-state index is 12.0. The number of anilines is 1. The highest BCUT2D eigenvalue weighted by atomic mass is 16.5. The number of carbonyl (C=O) groups excluding carboxylic acids is 1. The van der Waals surface area contributed by atoms with Crippen LogP contribution in [0.15, 0.2) is 76.2 Å². The highest BCUT2D eigenvalue weighted by molar-refractivity contribution is 5.95. The van der Waals surface area contributed by atoms with E-state index in [0.717, 1.165) is 75.4 Å².